The van der Waals surface area contributed by atoms with Crippen molar-refractivity contribution in [3.63, 3.8) is 0 Å². The molecule has 18 heavy (non-hydrogen) atoms. The molecule has 92 valence electrons. The maximum absolute atomic E-state index is 12.7. The van der Waals surface area contributed by atoms with Crippen LogP contribution in [-0.2, 0) is 11.3 Å². The van der Waals surface area contributed by atoms with Gasteiger partial charge in [-0.25, -0.2) is 9.18 Å². The van der Waals surface area contributed by atoms with E-state index in [1.165, 1.54) is 12.1 Å². The van der Waals surface area contributed by atoms with Gasteiger partial charge >= 0.3 is 5.97 Å². The molecule has 2 aromatic carbocycles. The van der Waals surface area contributed by atoms with Crippen molar-refractivity contribution in [3.05, 3.63) is 71.0 Å². The predicted molar refractivity (Wildman–Crippen MR) is 66.7 cm³/mol. The molecule has 0 aliphatic heterocycles. The summed E-state index contributed by atoms with van der Waals surface area (Å²) in [7, 11) is 0. The molecule has 0 aliphatic carbocycles. The molecule has 0 atom stereocenters. The Morgan fingerprint density at radius 2 is 1.89 bits per heavy atom. The van der Waals surface area contributed by atoms with Gasteiger partial charge in [-0.2, -0.15) is 0 Å². The number of hydrogen-bond donors (Lipinski definition) is 0. The topological polar surface area (TPSA) is 26.3 Å². The molecule has 2 nitrogen and oxygen atoms in total. The molecule has 3 heteroatoms. The van der Waals surface area contributed by atoms with Gasteiger partial charge in [0.15, 0.2) is 0 Å². The highest BCUT2D eigenvalue weighted by molar-refractivity contribution is 5.89. The van der Waals surface area contributed by atoms with Crippen LogP contribution in [0, 0.1) is 12.7 Å². The zero-order valence-corrected chi connectivity index (χ0v) is 10.0. The number of carbonyl (C=O) groups excluding carboxylic acids is 1. The highest BCUT2D eigenvalue weighted by Crippen LogP contribution is 2.09. The van der Waals surface area contributed by atoms with E-state index in [9.17, 15) is 9.18 Å². The molecular formula is C15H13FO2. The molecule has 2 rings (SSSR count). The maximum Gasteiger partial charge on any atom is 0.338 e. The summed E-state index contributed by atoms with van der Waals surface area (Å²) < 4.78 is 17.8. The molecule has 0 heterocycles. The lowest BCUT2D eigenvalue weighted by Crippen LogP contribution is -2.05. The zero-order chi connectivity index (χ0) is 13.0. The summed E-state index contributed by atoms with van der Waals surface area (Å²) >= 11 is 0. The molecule has 0 N–H and O–H groups in total. The Bertz CT molecular complexity index is 547. The molecule has 0 amide bonds. The SMILES string of the molecule is Cc1cccc(C(=O)OCc2ccc(F)cc2)c1. The van der Waals surface area contributed by atoms with Crippen molar-refractivity contribution in [3.8, 4) is 0 Å². The molecule has 0 unspecified atom stereocenters. The first-order valence-corrected chi connectivity index (χ1v) is 5.63. The van der Waals surface area contributed by atoms with E-state index in [0.717, 1.165) is 11.1 Å². The molecule has 0 aromatic heterocycles. The van der Waals surface area contributed by atoms with Crippen molar-refractivity contribution in [2.45, 2.75) is 13.5 Å². The molecular weight excluding hydrogens is 231 g/mol. The van der Waals surface area contributed by atoms with Crippen LogP contribution in [0.3, 0.4) is 0 Å². The minimum Gasteiger partial charge on any atom is -0.457 e. The number of esters is 1. The fourth-order valence-corrected chi connectivity index (χ4v) is 1.58. The molecule has 0 aliphatic rings. The van der Waals surface area contributed by atoms with Crippen LogP contribution in [0.4, 0.5) is 4.39 Å². The first kappa shape index (κ1) is 12.3. The van der Waals surface area contributed by atoms with Gasteiger partial charge in [0.05, 0.1) is 5.56 Å². The van der Waals surface area contributed by atoms with Gasteiger partial charge < -0.3 is 4.74 Å². The molecule has 0 saturated heterocycles. The average Bonchev–Trinajstić information content (AvgIpc) is 2.38. The summed E-state index contributed by atoms with van der Waals surface area (Å²) in [5.41, 5.74) is 2.29. The van der Waals surface area contributed by atoms with Crippen molar-refractivity contribution in [2.75, 3.05) is 0 Å². The van der Waals surface area contributed by atoms with Crippen LogP contribution >= 0.6 is 0 Å². The summed E-state index contributed by atoms with van der Waals surface area (Å²) in [6.45, 7) is 2.06. The van der Waals surface area contributed by atoms with E-state index in [0.29, 0.717) is 5.56 Å². The summed E-state index contributed by atoms with van der Waals surface area (Å²) in [5.74, 6) is -0.674. The van der Waals surface area contributed by atoms with Crippen LogP contribution in [-0.4, -0.2) is 5.97 Å². The van der Waals surface area contributed by atoms with Gasteiger partial charge in [0.25, 0.3) is 0 Å². The Labute approximate surface area is 105 Å². The first-order valence-electron chi connectivity index (χ1n) is 5.63. The van der Waals surface area contributed by atoms with E-state index in [-0.39, 0.29) is 18.4 Å². The zero-order valence-electron chi connectivity index (χ0n) is 10.0. The Balaban J connectivity index is 1.98. The minimum absolute atomic E-state index is 0.146. The van der Waals surface area contributed by atoms with E-state index in [1.54, 1.807) is 24.3 Å². The number of carbonyl (C=O) groups is 1. The standard InChI is InChI=1S/C15H13FO2/c1-11-3-2-4-13(9-11)15(17)18-10-12-5-7-14(16)8-6-12/h2-9H,10H2,1H3. The Morgan fingerprint density at radius 1 is 1.17 bits per heavy atom. The Morgan fingerprint density at radius 3 is 2.56 bits per heavy atom. The molecule has 0 spiro atoms. The smallest absolute Gasteiger partial charge is 0.338 e. The van der Waals surface area contributed by atoms with E-state index in [1.807, 2.05) is 19.1 Å². The van der Waals surface area contributed by atoms with Crippen molar-refractivity contribution < 1.29 is 13.9 Å². The highest BCUT2D eigenvalue weighted by atomic mass is 19.1. The average molecular weight is 244 g/mol. The largest absolute Gasteiger partial charge is 0.457 e. The third kappa shape index (κ3) is 3.17. The third-order valence-corrected chi connectivity index (χ3v) is 2.54. The van der Waals surface area contributed by atoms with Crippen LogP contribution in [0.25, 0.3) is 0 Å². The van der Waals surface area contributed by atoms with E-state index in [2.05, 4.69) is 0 Å². The monoisotopic (exact) mass is 244 g/mol. The molecule has 0 fully saturated rings. The second kappa shape index (κ2) is 5.45. The molecule has 2 aromatic rings. The van der Waals surface area contributed by atoms with Crippen LogP contribution in [0.5, 0.6) is 0 Å². The van der Waals surface area contributed by atoms with Gasteiger partial charge in [0.1, 0.15) is 12.4 Å². The Hall–Kier alpha value is -2.16. The summed E-state index contributed by atoms with van der Waals surface area (Å²) in [6, 6.07) is 13.1. The van der Waals surface area contributed by atoms with E-state index >= 15 is 0 Å². The molecule has 0 bridgehead atoms. The third-order valence-electron chi connectivity index (χ3n) is 2.54. The number of aryl methyl sites for hydroxylation is 1. The van der Waals surface area contributed by atoms with Crippen molar-refractivity contribution in [1.29, 1.82) is 0 Å². The molecule has 0 saturated carbocycles. The normalized spacial score (nSPS) is 10.1. The fraction of sp³-hybridized carbons (Fsp3) is 0.133. The number of rotatable bonds is 3. The number of benzene rings is 2. The summed E-state index contributed by atoms with van der Waals surface area (Å²) in [6.07, 6.45) is 0. The predicted octanol–water partition coefficient (Wildman–Crippen LogP) is 3.49. The van der Waals surface area contributed by atoms with E-state index < -0.39 is 0 Å². The second-order valence-electron chi connectivity index (χ2n) is 4.07. The van der Waals surface area contributed by atoms with Gasteiger partial charge in [-0.15, -0.1) is 0 Å². The van der Waals surface area contributed by atoms with E-state index in [4.69, 9.17) is 4.74 Å². The summed E-state index contributed by atoms with van der Waals surface area (Å²) in [4.78, 5) is 11.7. The van der Waals surface area contributed by atoms with Crippen LogP contribution < -0.4 is 0 Å². The number of hydrogen-bond acceptors (Lipinski definition) is 2. The summed E-state index contributed by atoms with van der Waals surface area (Å²) in [5, 5.41) is 0. The van der Waals surface area contributed by atoms with Crippen LogP contribution in [0.15, 0.2) is 48.5 Å². The number of ether oxygens (including phenoxy) is 1. The van der Waals surface area contributed by atoms with Gasteiger partial charge in [-0.05, 0) is 36.8 Å². The van der Waals surface area contributed by atoms with Gasteiger partial charge in [-0.3, -0.25) is 0 Å². The van der Waals surface area contributed by atoms with Gasteiger partial charge in [0, 0.05) is 0 Å². The number of halogens is 1. The van der Waals surface area contributed by atoms with Gasteiger partial charge in [0.2, 0.25) is 0 Å². The Kier molecular flexibility index (Phi) is 3.72. The van der Waals surface area contributed by atoms with Crippen molar-refractivity contribution >= 4 is 5.97 Å². The van der Waals surface area contributed by atoms with Crippen molar-refractivity contribution in [2.24, 2.45) is 0 Å². The maximum atomic E-state index is 12.7. The lowest BCUT2D eigenvalue weighted by Gasteiger charge is -2.05. The quantitative estimate of drug-likeness (QED) is 0.772. The first-order chi connectivity index (χ1) is 8.65. The lowest BCUT2D eigenvalue weighted by molar-refractivity contribution is 0.0472. The van der Waals surface area contributed by atoms with Crippen LogP contribution in [0.1, 0.15) is 21.5 Å². The lowest BCUT2D eigenvalue weighted by atomic mass is 10.1. The minimum atomic E-state index is -0.372. The second-order valence-corrected chi connectivity index (χ2v) is 4.07. The van der Waals surface area contributed by atoms with Crippen LogP contribution in [0.2, 0.25) is 0 Å². The van der Waals surface area contributed by atoms with Gasteiger partial charge in [-0.1, -0.05) is 29.8 Å². The van der Waals surface area contributed by atoms with Crippen molar-refractivity contribution in [1.82, 2.24) is 0 Å². The highest BCUT2D eigenvalue weighted by Gasteiger charge is 2.07. The molecule has 0 radical (unpaired) electrons. The fourth-order valence-electron chi connectivity index (χ4n) is 1.58.